The number of hydrogen-bond donors (Lipinski definition) is 0. The Hall–Kier alpha value is -4.96. The molecule has 1 aliphatic carbocycles. The lowest BCUT2D eigenvalue weighted by molar-refractivity contribution is -0.670. The molecule has 0 N–H and O–H groups in total. The van der Waals surface area contributed by atoms with Crippen LogP contribution in [0.2, 0.25) is 0 Å². The summed E-state index contributed by atoms with van der Waals surface area (Å²) in [6.07, 6.45) is 7.97. The van der Waals surface area contributed by atoms with Crippen molar-refractivity contribution in [1.82, 2.24) is 9.55 Å². The van der Waals surface area contributed by atoms with Crippen molar-refractivity contribution in [3.05, 3.63) is 163 Å². The molecule has 1 aliphatic rings. The molecule has 4 nitrogen and oxygen atoms in total. The molecule has 0 spiro atoms. The fourth-order valence-electron chi connectivity index (χ4n) is 5.79. The molecule has 182 valence electrons. The van der Waals surface area contributed by atoms with Gasteiger partial charge < -0.3 is 4.74 Å². The lowest BCUT2D eigenvalue weighted by Crippen LogP contribution is -2.29. The summed E-state index contributed by atoms with van der Waals surface area (Å²) in [4.78, 5) is 4.92. The first-order valence-electron chi connectivity index (χ1n) is 12.8. The van der Waals surface area contributed by atoms with Gasteiger partial charge in [-0.1, -0.05) is 72.8 Å². The van der Waals surface area contributed by atoms with Crippen LogP contribution in [0.5, 0.6) is 11.5 Å². The van der Waals surface area contributed by atoms with E-state index in [9.17, 15) is 0 Å². The summed E-state index contributed by atoms with van der Waals surface area (Å²) in [7, 11) is 2.01. The second-order valence-corrected chi connectivity index (χ2v) is 9.67. The lowest BCUT2D eigenvalue weighted by atomic mass is 9.70. The highest BCUT2D eigenvalue weighted by molar-refractivity contribution is 5.85. The van der Waals surface area contributed by atoms with Crippen molar-refractivity contribution in [3.8, 4) is 28.3 Å². The number of aryl methyl sites for hydroxylation is 1. The average Bonchev–Trinajstić information content (AvgIpc) is 3.54. The highest BCUT2D eigenvalue weighted by Gasteiger charge is 2.47. The Balaban J connectivity index is 1.38. The SMILES string of the molecule is C[n+]1ccn(-c2cccc(Oc3cccc(C4(c5ccccn5)c5ccccc5-c5ccccc54)c3)c2)c1. The number of pyridine rings is 1. The Morgan fingerprint density at radius 2 is 1.39 bits per heavy atom. The molecular formula is C34H26N3O+. The van der Waals surface area contributed by atoms with Crippen molar-refractivity contribution in [3.63, 3.8) is 0 Å². The van der Waals surface area contributed by atoms with Gasteiger partial charge in [0.2, 0.25) is 6.33 Å². The number of benzene rings is 4. The molecule has 0 saturated heterocycles. The fraction of sp³-hybridized carbons (Fsp3) is 0.0588. The minimum atomic E-state index is -0.546. The predicted molar refractivity (Wildman–Crippen MR) is 149 cm³/mol. The maximum Gasteiger partial charge on any atom is 0.248 e. The minimum absolute atomic E-state index is 0.546. The summed E-state index contributed by atoms with van der Waals surface area (Å²) in [5.74, 6) is 1.57. The Kier molecular flexibility index (Phi) is 5.19. The van der Waals surface area contributed by atoms with E-state index >= 15 is 0 Å². The minimum Gasteiger partial charge on any atom is -0.457 e. The molecule has 2 heterocycles. The molecule has 4 heteroatoms. The van der Waals surface area contributed by atoms with Crippen LogP contribution in [0.25, 0.3) is 16.8 Å². The molecule has 0 bridgehead atoms. The third-order valence-corrected chi connectivity index (χ3v) is 7.39. The van der Waals surface area contributed by atoms with Crippen LogP contribution in [0.15, 0.2) is 140 Å². The van der Waals surface area contributed by atoms with Gasteiger partial charge in [0.1, 0.15) is 29.6 Å². The monoisotopic (exact) mass is 492 g/mol. The van der Waals surface area contributed by atoms with Gasteiger partial charge in [-0.25, -0.2) is 9.13 Å². The number of nitrogens with zero attached hydrogens (tertiary/aromatic N) is 3. The molecule has 2 aromatic heterocycles. The molecule has 0 radical (unpaired) electrons. The maximum atomic E-state index is 6.46. The molecule has 6 aromatic rings. The third-order valence-electron chi connectivity index (χ3n) is 7.39. The van der Waals surface area contributed by atoms with Crippen LogP contribution in [0.1, 0.15) is 22.4 Å². The van der Waals surface area contributed by atoms with Gasteiger partial charge >= 0.3 is 0 Å². The number of imidazole rings is 1. The first kappa shape index (κ1) is 22.3. The Morgan fingerprint density at radius 1 is 0.711 bits per heavy atom. The zero-order chi connectivity index (χ0) is 25.5. The zero-order valence-corrected chi connectivity index (χ0v) is 21.0. The number of ether oxygens (including phenoxy) is 1. The van der Waals surface area contributed by atoms with E-state index in [-0.39, 0.29) is 0 Å². The molecule has 0 fully saturated rings. The largest absolute Gasteiger partial charge is 0.457 e. The van der Waals surface area contributed by atoms with E-state index in [4.69, 9.17) is 9.72 Å². The molecule has 0 amide bonds. The Morgan fingerprint density at radius 3 is 2.08 bits per heavy atom. The molecule has 7 rings (SSSR count). The van der Waals surface area contributed by atoms with Crippen LogP contribution in [-0.2, 0) is 12.5 Å². The lowest BCUT2D eigenvalue weighted by Gasteiger charge is -2.32. The van der Waals surface area contributed by atoms with E-state index in [1.807, 2.05) is 60.8 Å². The van der Waals surface area contributed by atoms with E-state index in [0.717, 1.165) is 28.4 Å². The van der Waals surface area contributed by atoms with Crippen molar-refractivity contribution < 1.29 is 9.30 Å². The van der Waals surface area contributed by atoms with Gasteiger partial charge in [-0.15, -0.1) is 0 Å². The third kappa shape index (κ3) is 3.46. The van der Waals surface area contributed by atoms with E-state index in [1.165, 1.54) is 22.3 Å². The standard InChI is InChI=1S/C34H26N3O/c1-36-20-21-37(24-36)26-11-9-13-28(23-26)38-27-12-8-10-25(22-27)34(33-18-6-7-19-35-33)31-16-4-2-14-29(31)30-15-3-5-17-32(30)34/h2-24H,1H3/q+1. The van der Waals surface area contributed by atoms with Gasteiger partial charge in [-0.05, 0) is 64.2 Å². The summed E-state index contributed by atoms with van der Waals surface area (Å²) in [6, 6.07) is 40.1. The van der Waals surface area contributed by atoms with Crippen molar-refractivity contribution >= 4 is 0 Å². The molecule has 0 atom stereocenters. The molecular weight excluding hydrogens is 466 g/mol. The number of fused-ring (bicyclic) bond motifs is 3. The predicted octanol–water partition coefficient (Wildman–Crippen LogP) is 6.85. The fourth-order valence-corrected chi connectivity index (χ4v) is 5.79. The van der Waals surface area contributed by atoms with Gasteiger partial charge in [0.15, 0.2) is 0 Å². The van der Waals surface area contributed by atoms with Crippen LogP contribution >= 0.6 is 0 Å². The zero-order valence-electron chi connectivity index (χ0n) is 21.0. The average molecular weight is 493 g/mol. The van der Waals surface area contributed by atoms with E-state index in [1.54, 1.807) is 0 Å². The smallest absolute Gasteiger partial charge is 0.248 e. The first-order valence-corrected chi connectivity index (χ1v) is 12.8. The van der Waals surface area contributed by atoms with Crippen molar-refractivity contribution in [2.24, 2.45) is 7.05 Å². The molecule has 0 saturated carbocycles. The highest BCUT2D eigenvalue weighted by Crippen LogP contribution is 2.55. The van der Waals surface area contributed by atoms with Crippen molar-refractivity contribution in [2.45, 2.75) is 5.41 Å². The highest BCUT2D eigenvalue weighted by atomic mass is 16.5. The van der Waals surface area contributed by atoms with Gasteiger partial charge in [-0.2, -0.15) is 0 Å². The van der Waals surface area contributed by atoms with Crippen LogP contribution in [0.4, 0.5) is 0 Å². The van der Waals surface area contributed by atoms with Crippen LogP contribution < -0.4 is 9.30 Å². The summed E-state index contributed by atoms with van der Waals surface area (Å²) in [5.41, 5.74) is 7.58. The second-order valence-electron chi connectivity index (χ2n) is 9.67. The van der Waals surface area contributed by atoms with E-state index < -0.39 is 5.41 Å². The summed E-state index contributed by atoms with van der Waals surface area (Å²) in [5, 5.41) is 0. The van der Waals surface area contributed by atoms with E-state index in [2.05, 4.69) is 95.6 Å². The topological polar surface area (TPSA) is 30.9 Å². The molecule has 0 unspecified atom stereocenters. The first-order chi connectivity index (χ1) is 18.7. The van der Waals surface area contributed by atoms with Gasteiger partial charge in [0.05, 0.1) is 18.2 Å². The normalized spacial score (nSPS) is 13.1. The van der Waals surface area contributed by atoms with Gasteiger partial charge in [-0.3, -0.25) is 4.98 Å². The summed E-state index contributed by atoms with van der Waals surface area (Å²) >= 11 is 0. The number of aromatic nitrogens is 3. The van der Waals surface area contributed by atoms with Crippen LogP contribution in [0.3, 0.4) is 0 Å². The molecule has 38 heavy (non-hydrogen) atoms. The van der Waals surface area contributed by atoms with Gasteiger partial charge in [0, 0.05) is 12.3 Å². The Labute approximate surface area is 222 Å². The summed E-state index contributed by atoms with van der Waals surface area (Å²) < 4.78 is 10.6. The molecule has 0 aliphatic heterocycles. The van der Waals surface area contributed by atoms with Crippen molar-refractivity contribution in [1.29, 1.82) is 0 Å². The van der Waals surface area contributed by atoms with E-state index in [0.29, 0.717) is 0 Å². The summed E-state index contributed by atoms with van der Waals surface area (Å²) in [6.45, 7) is 0. The Bertz CT molecular complexity index is 1720. The molecule has 4 aromatic carbocycles. The second kappa shape index (κ2) is 8.86. The van der Waals surface area contributed by atoms with Crippen molar-refractivity contribution in [2.75, 3.05) is 0 Å². The number of hydrogen-bond acceptors (Lipinski definition) is 2. The van der Waals surface area contributed by atoms with Gasteiger partial charge in [0.25, 0.3) is 0 Å². The number of rotatable bonds is 5. The quantitative estimate of drug-likeness (QED) is 0.246. The van der Waals surface area contributed by atoms with Crippen LogP contribution in [0, 0.1) is 0 Å². The maximum absolute atomic E-state index is 6.46. The van der Waals surface area contributed by atoms with Crippen LogP contribution in [-0.4, -0.2) is 9.55 Å².